The average Bonchev–Trinajstić information content (AvgIpc) is 2.43. The minimum atomic E-state index is -4.18. The summed E-state index contributed by atoms with van der Waals surface area (Å²) < 4.78 is 45.2. The van der Waals surface area contributed by atoms with Gasteiger partial charge in [0.15, 0.2) is 5.82 Å². The van der Waals surface area contributed by atoms with E-state index in [9.17, 15) is 12.8 Å². The van der Waals surface area contributed by atoms with Crippen LogP contribution >= 0.6 is 11.6 Å². The van der Waals surface area contributed by atoms with Crippen molar-refractivity contribution in [1.82, 2.24) is 4.98 Å². The van der Waals surface area contributed by atoms with Crippen LogP contribution in [0.3, 0.4) is 0 Å². The van der Waals surface area contributed by atoms with Crippen LogP contribution in [-0.2, 0) is 10.0 Å². The standard InChI is InChI=1S/C12H11ClFN3O3S/c1-20-11-3-2-8(6-16-11)17-21(18,19)10-5-7(15)4-9(13)12(10)14/h2-6,17H,15H2,1H3. The van der Waals surface area contributed by atoms with Crippen molar-refractivity contribution in [2.24, 2.45) is 0 Å². The van der Waals surface area contributed by atoms with Crippen LogP contribution in [0.2, 0.25) is 5.02 Å². The number of anilines is 2. The number of sulfonamides is 1. The van der Waals surface area contributed by atoms with Gasteiger partial charge in [-0.15, -0.1) is 0 Å². The Labute approximate surface area is 125 Å². The normalized spacial score (nSPS) is 11.2. The predicted octanol–water partition coefficient (Wildman–Crippen LogP) is 2.27. The molecule has 3 N–H and O–H groups in total. The first-order valence-electron chi connectivity index (χ1n) is 5.61. The summed E-state index contributed by atoms with van der Waals surface area (Å²) in [7, 11) is -2.75. The summed E-state index contributed by atoms with van der Waals surface area (Å²) in [6.07, 6.45) is 1.24. The van der Waals surface area contributed by atoms with Gasteiger partial charge >= 0.3 is 0 Å². The lowest BCUT2D eigenvalue weighted by Gasteiger charge is -2.10. The van der Waals surface area contributed by atoms with Gasteiger partial charge in [0.05, 0.1) is 24.0 Å². The number of nitrogens with two attached hydrogens (primary N) is 1. The monoisotopic (exact) mass is 331 g/mol. The molecular formula is C12H11ClFN3O3S. The Morgan fingerprint density at radius 2 is 2.10 bits per heavy atom. The molecule has 0 saturated carbocycles. The molecule has 0 aliphatic carbocycles. The van der Waals surface area contributed by atoms with E-state index in [4.69, 9.17) is 22.1 Å². The highest BCUT2D eigenvalue weighted by Gasteiger charge is 2.22. The van der Waals surface area contributed by atoms with Gasteiger partial charge in [-0.05, 0) is 18.2 Å². The largest absolute Gasteiger partial charge is 0.481 e. The SMILES string of the molecule is COc1ccc(NS(=O)(=O)c2cc(N)cc(Cl)c2F)cn1. The van der Waals surface area contributed by atoms with Crippen LogP contribution in [0.5, 0.6) is 5.88 Å². The van der Waals surface area contributed by atoms with E-state index in [-0.39, 0.29) is 16.4 Å². The highest BCUT2D eigenvalue weighted by molar-refractivity contribution is 7.92. The van der Waals surface area contributed by atoms with Gasteiger partial charge in [-0.25, -0.2) is 17.8 Å². The summed E-state index contributed by atoms with van der Waals surface area (Å²) in [5.41, 5.74) is 5.67. The number of rotatable bonds is 4. The van der Waals surface area contributed by atoms with E-state index in [0.717, 1.165) is 12.1 Å². The van der Waals surface area contributed by atoms with Crippen molar-refractivity contribution in [1.29, 1.82) is 0 Å². The Bertz CT molecular complexity index is 766. The van der Waals surface area contributed by atoms with Gasteiger partial charge in [-0.3, -0.25) is 4.72 Å². The van der Waals surface area contributed by atoms with Gasteiger partial charge in [-0.2, -0.15) is 0 Å². The van der Waals surface area contributed by atoms with Crippen molar-refractivity contribution in [3.8, 4) is 5.88 Å². The number of pyridine rings is 1. The molecular weight excluding hydrogens is 321 g/mol. The van der Waals surface area contributed by atoms with Crippen LogP contribution in [0, 0.1) is 5.82 Å². The lowest BCUT2D eigenvalue weighted by atomic mass is 10.3. The zero-order chi connectivity index (χ0) is 15.6. The second kappa shape index (κ2) is 5.74. The van der Waals surface area contributed by atoms with E-state index in [2.05, 4.69) is 9.71 Å². The third-order valence-corrected chi connectivity index (χ3v) is 4.16. The molecule has 112 valence electrons. The van der Waals surface area contributed by atoms with Crippen molar-refractivity contribution < 1.29 is 17.5 Å². The highest BCUT2D eigenvalue weighted by Crippen LogP contribution is 2.27. The van der Waals surface area contributed by atoms with Crippen LogP contribution in [0.1, 0.15) is 0 Å². The van der Waals surface area contributed by atoms with Gasteiger partial charge in [-0.1, -0.05) is 11.6 Å². The minimum absolute atomic E-state index is 0.0367. The van der Waals surface area contributed by atoms with Gasteiger partial charge in [0.2, 0.25) is 5.88 Å². The lowest BCUT2D eigenvalue weighted by Crippen LogP contribution is -2.15. The molecule has 2 rings (SSSR count). The van der Waals surface area contributed by atoms with Crippen molar-refractivity contribution in [2.75, 3.05) is 17.6 Å². The van der Waals surface area contributed by atoms with Gasteiger partial charge < -0.3 is 10.5 Å². The molecule has 6 nitrogen and oxygen atoms in total. The van der Waals surface area contributed by atoms with Crippen LogP contribution < -0.4 is 15.2 Å². The third kappa shape index (κ3) is 3.34. The van der Waals surface area contributed by atoms with Gasteiger partial charge in [0.1, 0.15) is 4.90 Å². The van der Waals surface area contributed by atoms with Crippen molar-refractivity contribution in [3.63, 3.8) is 0 Å². The van der Waals surface area contributed by atoms with E-state index in [0.29, 0.717) is 5.88 Å². The molecule has 0 saturated heterocycles. The minimum Gasteiger partial charge on any atom is -0.481 e. The number of nitrogen functional groups attached to an aromatic ring is 1. The molecule has 0 fully saturated rings. The molecule has 1 aromatic heterocycles. The molecule has 9 heteroatoms. The molecule has 0 aliphatic heterocycles. The summed E-state index contributed by atoms with van der Waals surface area (Å²) in [4.78, 5) is 3.20. The number of nitrogens with one attached hydrogen (secondary N) is 1. The molecule has 0 radical (unpaired) electrons. The van der Waals surface area contributed by atoms with Crippen LogP contribution in [0.4, 0.5) is 15.8 Å². The number of hydrogen-bond donors (Lipinski definition) is 2. The fraction of sp³-hybridized carbons (Fsp3) is 0.0833. The maximum Gasteiger partial charge on any atom is 0.264 e. The number of benzene rings is 1. The van der Waals surface area contributed by atoms with Crippen LogP contribution in [0.15, 0.2) is 35.4 Å². The van der Waals surface area contributed by atoms with Crippen molar-refractivity contribution in [3.05, 3.63) is 41.3 Å². The molecule has 1 aromatic carbocycles. The number of halogens is 2. The second-order valence-electron chi connectivity index (χ2n) is 4.01. The molecule has 1 heterocycles. The maximum atomic E-state index is 13.9. The predicted molar refractivity (Wildman–Crippen MR) is 77.4 cm³/mol. The number of hydrogen-bond acceptors (Lipinski definition) is 5. The Hall–Kier alpha value is -2.06. The molecule has 0 unspecified atom stereocenters. The smallest absolute Gasteiger partial charge is 0.264 e. The van der Waals surface area contributed by atoms with Gasteiger partial charge in [0, 0.05) is 11.8 Å². The van der Waals surface area contributed by atoms with E-state index < -0.39 is 20.7 Å². The van der Waals surface area contributed by atoms with E-state index in [1.807, 2.05) is 0 Å². The van der Waals surface area contributed by atoms with Gasteiger partial charge in [0.25, 0.3) is 10.0 Å². The van der Waals surface area contributed by atoms with E-state index in [1.54, 1.807) is 0 Å². The fourth-order valence-electron chi connectivity index (χ4n) is 1.55. The number of aromatic nitrogens is 1. The van der Waals surface area contributed by atoms with E-state index in [1.165, 1.54) is 25.4 Å². The summed E-state index contributed by atoms with van der Waals surface area (Å²) in [5.74, 6) is -0.754. The summed E-state index contributed by atoms with van der Waals surface area (Å²) in [5, 5.41) is -0.372. The zero-order valence-electron chi connectivity index (χ0n) is 10.8. The van der Waals surface area contributed by atoms with Crippen LogP contribution in [0.25, 0.3) is 0 Å². The summed E-state index contributed by atoms with van der Waals surface area (Å²) in [6.45, 7) is 0. The number of ether oxygens (including phenoxy) is 1. The average molecular weight is 332 g/mol. The molecule has 2 aromatic rings. The first-order chi connectivity index (χ1) is 9.83. The first kappa shape index (κ1) is 15.3. The molecule has 0 aliphatic rings. The quantitative estimate of drug-likeness (QED) is 0.838. The third-order valence-electron chi connectivity index (χ3n) is 2.50. The number of methoxy groups -OCH3 is 1. The Morgan fingerprint density at radius 1 is 1.38 bits per heavy atom. The molecule has 21 heavy (non-hydrogen) atoms. The zero-order valence-corrected chi connectivity index (χ0v) is 12.4. The summed E-state index contributed by atoms with van der Waals surface area (Å²) >= 11 is 5.59. The lowest BCUT2D eigenvalue weighted by molar-refractivity contribution is 0.398. The Balaban J connectivity index is 2.38. The van der Waals surface area contributed by atoms with Crippen molar-refractivity contribution >= 4 is 33.0 Å². The van der Waals surface area contributed by atoms with E-state index >= 15 is 0 Å². The second-order valence-corrected chi connectivity index (χ2v) is 6.07. The maximum absolute atomic E-state index is 13.9. The summed E-state index contributed by atoms with van der Waals surface area (Å²) in [6, 6.07) is 5.00. The molecule has 0 atom stereocenters. The first-order valence-corrected chi connectivity index (χ1v) is 7.47. The Morgan fingerprint density at radius 3 is 2.67 bits per heavy atom. The molecule has 0 amide bonds. The topological polar surface area (TPSA) is 94.3 Å². The van der Waals surface area contributed by atoms with Crippen molar-refractivity contribution in [2.45, 2.75) is 4.90 Å². The number of nitrogens with zero attached hydrogens (tertiary/aromatic N) is 1. The highest BCUT2D eigenvalue weighted by atomic mass is 35.5. The Kier molecular flexibility index (Phi) is 4.19. The molecule has 0 spiro atoms. The fourth-order valence-corrected chi connectivity index (χ4v) is 3.01. The van der Waals surface area contributed by atoms with Crippen LogP contribution in [-0.4, -0.2) is 20.5 Å². The molecule has 0 bridgehead atoms.